The number of anilines is 3. The molecule has 0 aliphatic carbocycles. The molecule has 0 radical (unpaired) electrons. The first-order valence-electron chi connectivity index (χ1n) is 8.01. The highest BCUT2D eigenvalue weighted by atomic mass is 15.1. The van der Waals surface area contributed by atoms with E-state index in [0.717, 1.165) is 30.6 Å². The summed E-state index contributed by atoms with van der Waals surface area (Å²) in [5.41, 5.74) is 8.87. The summed E-state index contributed by atoms with van der Waals surface area (Å²) in [7, 11) is 4.10. The molecule has 0 amide bonds. The third kappa shape index (κ3) is 3.71. The van der Waals surface area contributed by atoms with Crippen molar-refractivity contribution in [2.45, 2.75) is 12.8 Å². The monoisotopic (exact) mass is 322 g/mol. The lowest BCUT2D eigenvalue weighted by Crippen LogP contribution is -2.08. The predicted octanol–water partition coefficient (Wildman–Crippen LogP) is 2.72. The van der Waals surface area contributed by atoms with Crippen LogP contribution in [0.1, 0.15) is 12.0 Å². The first-order valence-corrected chi connectivity index (χ1v) is 8.01. The number of aryl methyl sites for hydroxylation is 1. The minimum atomic E-state index is 0.466. The Morgan fingerprint density at radius 3 is 2.58 bits per heavy atom. The van der Waals surface area contributed by atoms with Gasteiger partial charge in [0.1, 0.15) is 18.0 Å². The summed E-state index contributed by atoms with van der Waals surface area (Å²) in [4.78, 5) is 14.8. The number of nitrogen functional groups attached to an aromatic ring is 1. The number of nitrogens with one attached hydrogen (secondary N) is 1. The van der Waals surface area contributed by atoms with Crippen LogP contribution in [0, 0.1) is 0 Å². The van der Waals surface area contributed by atoms with Crippen molar-refractivity contribution in [2.75, 3.05) is 36.6 Å². The normalized spacial score (nSPS) is 10.8. The molecular weight excluding hydrogens is 300 g/mol. The SMILES string of the molecule is CN(C)c1ccc(CCCNc2ncnc3nc(N)ccc23)cc1. The molecule has 3 rings (SSSR count). The lowest BCUT2D eigenvalue weighted by molar-refractivity contribution is 0.859. The number of hydrogen-bond acceptors (Lipinski definition) is 6. The molecule has 0 aliphatic rings. The van der Waals surface area contributed by atoms with E-state index in [0.29, 0.717) is 11.5 Å². The fourth-order valence-corrected chi connectivity index (χ4v) is 2.56. The lowest BCUT2D eigenvalue weighted by atomic mass is 10.1. The van der Waals surface area contributed by atoms with Crippen molar-refractivity contribution in [1.29, 1.82) is 0 Å². The second-order valence-electron chi connectivity index (χ2n) is 5.92. The molecule has 1 aromatic carbocycles. The third-order valence-corrected chi connectivity index (χ3v) is 3.91. The van der Waals surface area contributed by atoms with Crippen molar-refractivity contribution in [3.05, 3.63) is 48.3 Å². The topological polar surface area (TPSA) is 80.0 Å². The minimum Gasteiger partial charge on any atom is -0.384 e. The fraction of sp³-hybridized carbons (Fsp3) is 0.278. The summed E-state index contributed by atoms with van der Waals surface area (Å²) >= 11 is 0. The van der Waals surface area contributed by atoms with Crippen LogP contribution in [0.3, 0.4) is 0 Å². The van der Waals surface area contributed by atoms with Gasteiger partial charge in [-0.1, -0.05) is 12.1 Å². The molecule has 0 atom stereocenters. The highest BCUT2D eigenvalue weighted by Crippen LogP contribution is 2.19. The smallest absolute Gasteiger partial charge is 0.166 e. The number of pyridine rings is 1. The van der Waals surface area contributed by atoms with E-state index >= 15 is 0 Å². The Morgan fingerprint density at radius 2 is 1.83 bits per heavy atom. The highest BCUT2D eigenvalue weighted by Gasteiger charge is 2.04. The molecule has 2 heterocycles. The minimum absolute atomic E-state index is 0.466. The molecule has 0 spiro atoms. The van der Waals surface area contributed by atoms with Gasteiger partial charge in [0, 0.05) is 26.3 Å². The van der Waals surface area contributed by atoms with Gasteiger partial charge in [-0.25, -0.2) is 15.0 Å². The Kier molecular flexibility index (Phi) is 4.74. The Bertz CT molecular complexity index is 813. The number of fused-ring (bicyclic) bond motifs is 1. The summed E-state index contributed by atoms with van der Waals surface area (Å²) < 4.78 is 0. The maximum absolute atomic E-state index is 5.69. The van der Waals surface area contributed by atoms with Crippen molar-refractivity contribution in [3.63, 3.8) is 0 Å². The van der Waals surface area contributed by atoms with Gasteiger partial charge in [-0.15, -0.1) is 0 Å². The summed E-state index contributed by atoms with van der Waals surface area (Å²) in [6.07, 6.45) is 3.56. The van der Waals surface area contributed by atoms with Crippen LogP contribution in [0.5, 0.6) is 0 Å². The van der Waals surface area contributed by atoms with E-state index in [1.54, 1.807) is 6.07 Å². The number of hydrogen-bond donors (Lipinski definition) is 2. The van der Waals surface area contributed by atoms with E-state index in [1.165, 1.54) is 17.6 Å². The van der Waals surface area contributed by atoms with Crippen LogP contribution >= 0.6 is 0 Å². The van der Waals surface area contributed by atoms with Crippen LogP contribution in [-0.2, 0) is 6.42 Å². The average Bonchev–Trinajstić information content (AvgIpc) is 2.59. The zero-order valence-corrected chi connectivity index (χ0v) is 14.0. The van der Waals surface area contributed by atoms with E-state index < -0.39 is 0 Å². The average molecular weight is 322 g/mol. The number of nitrogens with two attached hydrogens (primary N) is 1. The van der Waals surface area contributed by atoms with Crippen LogP contribution in [0.25, 0.3) is 11.0 Å². The predicted molar refractivity (Wildman–Crippen MR) is 99.3 cm³/mol. The molecule has 3 aromatic rings. The molecule has 6 heteroatoms. The van der Waals surface area contributed by atoms with Crippen LogP contribution in [0.2, 0.25) is 0 Å². The van der Waals surface area contributed by atoms with E-state index in [9.17, 15) is 0 Å². The van der Waals surface area contributed by atoms with E-state index in [1.807, 2.05) is 20.2 Å². The van der Waals surface area contributed by atoms with Crippen LogP contribution in [0.4, 0.5) is 17.3 Å². The van der Waals surface area contributed by atoms with E-state index in [2.05, 4.69) is 49.4 Å². The summed E-state index contributed by atoms with van der Waals surface area (Å²) in [6.45, 7) is 0.839. The molecule has 0 bridgehead atoms. The zero-order valence-electron chi connectivity index (χ0n) is 14.0. The lowest BCUT2D eigenvalue weighted by Gasteiger charge is -2.12. The second kappa shape index (κ2) is 7.12. The number of nitrogens with zero attached hydrogens (tertiary/aromatic N) is 4. The van der Waals surface area contributed by atoms with Gasteiger partial charge in [0.2, 0.25) is 0 Å². The summed E-state index contributed by atoms with van der Waals surface area (Å²) in [6, 6.07) is 12.3. The van der Waals surface area contributed by atoms with Crippen LogP contribution in [-0.4, -0.2) is 35.6 Å². The van der Waals surface area contributed by atoms with Gasteiger partial charge in [0.15, 0.2) is 5.65 Å². The molecule has 6 nitrogen and oxygen atoms in total. The highest BCUT2D eigenvalue weighted by molar-refractivity contribution is 5.86. The van der Waals surface area contributed by atoms with Crippen LogP contribution in [0.15, 0.2) is 42.7 Å². The molecule has 0 unspecified atom stereocenters. The molecule has 3 N–H and O–H groups in total. The second-order valence-corrected chi connectivity index (χ2v) is 5.92. The number of rotatable bonds is 6. The first-order chi connectivity index (χ1) is 11.6. The Labute approximate surface area is 141 Å². The third-order valence-electron chi connectivity index (χ3n) is 3.91. The fourth-order valence-electron chi connectivity index (χ4n) is 2.56. The van der Waals surface area contributed by atoms with Crippen molar-refractivity contribution >= 4 is 28.4 Å². The van der Waals surface area contributed by atoms with Gasteiger partial charge < -0.3 is 16.0 Å². The quantitative estimate of drug-likeness (QED) is 0.679. The van der Waals surface area contributed by atoms with Gasteiger partial charge in [-0.3, -0.25) is 0 Å². The molecule has 24 heavy (non-hydrogen) atoms. The van der Waals surface area contributed by atoms with Crippen molar-refractivity contribution in [1.82, 2.24) is 15.0 Å². The molecular formula is C18H22N6. The molecule has 0 fully saturated rings. The molecule has 0 saturated carbocycles. The van der Waals surface area contributed by atoms with E-state index in [4.69, 9.17) is 5.73 Å². The number of benzene rings is 1. The standard InChI is InChI=1S/C18H22N6/c1-24(2)14-7-5-13(6-8-14)4-3-11-20-17-15-9-10-16(19)23-18(15)22-12-21-17/h5-10,12H,3-4,11H2,1-2H3,(H3,19,20,21,22,23). The summed E-state index contributed by atoms with van der Waals surface area (Å²) in [5.74, 6) is 1.27. The molecule has 124 valence electrons. The van der Waals surface area contributed by atoms with Gasteiger partial charge in [-0.2, -0.15) is 0 Å². The zero-order chi connectivity index (χ0) is 16.9. The Hall–Kier alpha value is -2.89. The van der Waals surface area contributed by atoms with Crippen molar-refractivity contribution < 1.29 is 0 Å². The number of aromatic nitrogens is 3. The summed E-state index contributed by atoms with van der Waals surface area (Å²) in [5, 5.41) is 4.26. The van der Waals surface area contributed by atoms with Gasteiger partial charge in [0.25, 0.3) is 0 Å². The van der Waals surface area contributed by atoms with Gasteiger partial charge >= 0.3 is 0 Å². The van der Waals surface area contributed by atoms with E-state index in [-0.39, 0.29) is 0 Å². The Morgan fingerprint density at radius 1 is 1.04 bits per heavy atom. The van der Waals surface area contributed by atoms with Gasteiger partial charge in [-0.05, 0) is 42.7 Å². The first kappa shape index (κ1) is 16.0. The largest absolute Gasteiger partial charge is 0.384 e. The van der Waals surface area contributed by atoms with Crippen LogP contribution < -0.4 is 16.0 Å². The Balaban J connectivity index is 1.57. The molecule has 0 saturated heterocycles. The van der Waals surface area contributed by atoms with Crippen molar-refractivity contribution in [2.24, 2.45) is 0 Å². The maximum atomic E-state index is 5.69. The maximum Gasteiger partial charge on any atom is 0.166 e. The molecule has 0 aliphatic heterocycles. The van der Waals surface area contributed by atoms with Gasteiger partial charge in [0.05, 0.1) is 5.39 Å². The molecule has 2 aromatic heterocycles. The van der Waals surface area contributed by atoms with Crippen molar-refractivity contribution in [3.8, 4) is 0 Å².